The van der Waals surface area contributed by atoms with Crippen LogP contribution in [-0.2, 0) is 14.8 Å². The first-order valence-electron chi connectivity index (χ1n) is 4.91. The van der Waals surface area contributed by atoms with Crippen LogP contribution < -0.4 is 4.72 Å². The van der Waals surface area contributed by atoms with Gasteiger partial charge in [-0.05, 0) is 12.8 Å². The highest BCUT2D eigenvalue weighted by Crippen LogP contribution is 2.17. The number of carbonyl (C=O) groups is 1. The number of nitrogens with zero attached hydrogens (tertiary/aromatic N) is 1. The van der Waals surface area contributed by atoms with Crippen molar-refractivity contribution in [3.05, 3.63) is 0 Å². The molecule has 1 aliphatic rings. The van der Waals surface area contributed by atoms with Gasteiger partial charge in [-0.1, -0.05) is 0 Å². The average molecular weight is 250 g/mol. The van der Waals surface area contributed by atoms with Gasteiger partial charge in [0.15, 0.2) is 0 Å². The molecular weight excluding hydrogens is 235 g/mol. The smallest absolute Gasteiger partial charge is 0.426 e. The van der Waals surface area contributed by atoms with Crippen molar-refractivity contribution in [2.45, 2.75) is 18.8 Å². The van der Waals surface area contributed by atoms with Crippen molar-refractivity contribution < 1.29 is 23.3 Å². The highest BCUT2D eigenvalue weighted by molar-refractivity contribution is 7.88. The summed E-state index contributed by atoms with van der Waals surface area (Å²) < 4.78 is 23.6. The lowest BCUT2D eigenvalue weighted by atomic mass is 9.78. The molecule has 0 bridgehead atoms. The number of sulfonamides is 1. The summed E-state index contributed by atoms with van der Waals surface area (Å²) in [6.45, 7) is 0.0780. The molecule has 1 fully saturated rings. The van der Waals surface area contributed by atoms with Crippen molar-refractivity contribution in [2.24, 2.45) is 0 Å². The molecule has 7 nitrogen and oxygen atoms in total. The number of amides is 1. The van der Waals surface area contributed by atoms with Crippen LogP contribution in [0.25, 0.3) is 0 Å². The van der Waals surface area contributed by atoms with Gasteiger partial charge in [0.05, 0.1) is 18.7 Å². The van der Waals surface area contributed by atoms with Crippen molar-refractivity contribution in [1.82, 2.24) is 9.62 Å². The quantitative estimate of drug-likeness (QED) is 0.480. The molecule has 92 valence electrons. The Kier molecular flexibility index (Phi) is 4.31. The van der Waals surface area contributed by atoms with Gasteiger partial charge in [0.25, 0.3) is 0 Å². The van der Waals surface area contributed by atoms with Crippen LogP contribution in [0.15, 0.2) is 0 Å². The molecule has 1 saturated heterocycles. The molecule has 0 saturated carbocycles. The molecule has 0 aromatic heterocycles. The Labute approximate surface area is 94.6 Å². The van der Waals surface area contributed by atoms with Gasteiger partial charge < -0.3 is 14.9 Å². The third-order valence-corrected chi connectivity index (χ3v) is 3.12. The van der Waals surface area contributed by atoms with Gasteiger partial charge in [0, 0.05) is 6.54 Å². The van der Waals surface area contributed by atoms with E-state index in [-0.39, 0.29) is 6.54 Å². The lowest BCUT2D eigenvalue weighted by Gasteiger charge is -2.23. The zero-order valence-electron chi connectivity index (χ0n) is 8.96. The largest absolute Gasteiger partial charge is 0.475 e. The predicted octanol–water partition coefficient (Wildman–Crippen LogP) is -2.46. The molecule has 1 rings (SSSR count). The number of hydrogen-bond donors (Lipinski definition) is 3. The SMILES string of the molecule is CS(=O)(=O)NCC(=O)N1CCC[C@H]1B(O)O. The standard InChI is InChI=1S/C7H15BN2O5S/c1-16(14,15)9-5-7(11)10-4-2-3-6(10)8(12)13/h6,9,12-13H,2-5H2,1H3/t6-/m0/s1. The van der Waals surface area contributed by atoms with E-state index in [0.29, 0.717) is 19.4 Å². The summed E-state index contributed by atoms with van der Waals surface area (Å²) in [5.41, 5.74) is 0. The molecule has 16 heavy (non-hydrogen) atoms. The van der Waals surface area contributed by atoms with Crippen LogP contribution in [0.3, 0.4) is 0 Å². The van der Waals surface area contributed by atoms with Gasteiger partial charge in [0.2, 0.25) is 15.9 Å². The monoisotopic (exact) mass is 250 g/mol. The average Bonchev–Trinajstić information content (AvgIpc) is 2.61. The normalized spacial score (nSPS) is 21.2. The highest BCUT2D eigenvalue weighted by Gasteiger charge is 2.36. The summed E-state index contributed by atoms with van der Waals surface area (Å²) in [6, 6.07) is 0. The van der Waals surface area contributed by atoms with E-state index in [9.17, 15) is 13.2 Å². The first-order chi connectivity index (χ1) is 7.31. The molecule has 0 radical (unpaired) electrons. The first kappa shape index (κ1) is 13.4. The Hall–Kier alpha value is -0.635. The minimum Gasteiger partial charge on any atom is -0.426 e. The maximum absolute atomic E-state index is 11.6. The molecule has 1 aliphatic heterocycles. The van der Waals surface area contributed by atoms with E-state index in [2.05, 4.69) is 4.72 Å². The highest BCUT2D eigenvalue weighted by atomic mass is 32.2. The Balaban J connectivity index is 2.53. The fraction of sp³-hybridized carbons (Fsp3) is 0.857. The summed E-state index contributed by atoms with van der Waals surface area (Å²) in [4.78, 5) is 12.9. The fourth-order valence-corrected chi connectivity index (χ4v) is 2.09. The Morgan fingerprint density at radius 3 is 2.69 bits per heavy atom. The van der Waals surface area contributed by atoms with Gasteiger partial charge in [-0.3, -0.25) is 4.79 Å². The summed E-state index contributed by atoms with van der Waals surface area (Å²) in [5.74, 6) is -1.07. The van der Waals surface area contributed by atoms with Crippen LogP contribution in [0.2, 0.25) is 0 Å². The summed E-state index contributed by atoms with van der Waals surface area (Å²) in [5, 5.41) is 18.0. The van der Waals surface area contributed by atoms with Crippen molar-refractivity contribution >= 4 is 23.0 Å². The predicted molar refractivity (Wildman–Crippen MR) is 57.8 cm³/mol. The minimum atomic E-state index is -3.41. The maximum Gasteiger partial charge on any atom is 0.475 e. The molecule has 1 atom stereocenters. The van der Waals surface area contributed by atoms with E-state index < -0.39 is 29.0 Å². The zero-order chi connectivity index (χ0) is 12.3. The molecule has 3 N–H and O–H groups in total. The molecular formula is C7H15BN2O5S. The van der Waals surface area contributed by atoms with E-state index >= 15 is 0 Å². The van der Waals surface area contributed by atoms with Gasteiger partial charge in [-0.25, -0.2) is 13.1 Å². The lowest BCUT2D eigenvalue weighted by molar-refractivity contribution is -0.129. The van der Waals surface area contributed by atoms with Crippen LogP contribution >= 0.6 is 0 Å². The van der Waals surface area contributed by atoms with E-state index in [4.69, 9.17) is 10.0 Å². The molecule has 0 aromatic carbocycles. The number of likely N-dealkylation sites (tertiary alicyclic amines) is 1. The molecule has 9 heteroatoms. The molecule has 0 aliphatic carbocycles. The second kappa shape index (κ2) is 5.13. The van der Waals surface area contributed by atoms with Crippen LogP contribution in [0.4, 0.5) is 0 Å². The minimum absolute atomic E-state index is 0.345. The van der Waals surface area contributed by atoms with Crippen LogP contribution in [0.1, 0.15) is 12.8 Å². The van der Waals surface area contributed by atoms with E-state index in [1.807, 2.05) is 0 Å². The van der Waals surface area contributed by atoms with Crippen LogP contribution in [0, 0.1) is 0 Å². The van der Waals surface area contributed by atoms with Gasteiger partial charge in [-0.15, -0.1) is 0 Å². The van der Waals surface area contributed by atoms with Gasteiger partial charge >= 0.3 is 7.12 Å². The van der Waals surface area contributed by atoms with Gasteiger partial charge in [0.1, 0.15) is 0 Å². The summed E-state index contributed by atoms with van der Waals surface area (Å²) >= 11 is 0. The zero-order valence-corrected chi connectivity index (χ0v) is 9.77. The summed E-state index contributed by atoms with van der Waals surface area (Å²) in [6.07, 6.45) is 2.16. The van der Waals surface area contributed by atoms with E-state index in [1.165, 1.54) is 4.90 Å². The van der Waals surface area contributed by atoms with Crippen LogP contribution in [-0.4, -0.2) is 61.7 Å². The molecule has 0 spiro atoms. The third-order valence-electron chi connectivity index (χ3n) is 2.45. The second-order valence-electron chi connectivity index (χ2n) is 3.80. The van der Waals surface area contributed by atoms with Crippen molar-refractivity contribution in [3.63, 3.8) is 0 Å². The topological polar surface area (TPSA) is 107 Å². The van der Waals surface area contributed by atoms with Crippen molar-refractivity contribution in [2.75, 3.05) is 19.3 Å². The van der Waals surface area contributed by atoms with Crippen molar-refractivity contribution in [3.8, 4) is 0 Å². The fourth-order valence-electron chi connectivity index (χ4n) is 1.71. The lowest BCUT2D eigenvalue weighted by Crippen LogP contribution is -2.48. The molecule has 0 aromatic rings. The Bertz CT molecular complexity index is 358. The summed E-state index contributed by atoms with van der Waals surface area (Å²) in [7, 11) is -4.99. The molecule has 1 heterocycles. The Morgan fingerprint density at radius 2 is 2.19 bits per heavy atom. The third kappa shape index (κ3) is 3.74. The molecule has 0 unspecified atom stereocenters. The molecule has 1 amide bonds. The first-order valence-corrected chi connectivity index (χ1v) is 6.80. The van der Waals surface area contributed by atoms with Crippen molar-refractivity contribution in [1.29, 1.82) is 0 Å². The van der Waals surface area contributed by atoms with E-state index in [0.717, 1.165) is 6.26 Å². The Morgan fingerprint density at radius 1 is 1.56 bits per heavy atom. The van der Waals surface area contributed by atoms with E-state index in [1.54, 1.807) is 0 Å². The number of nitrogens with one attached hydrogen (secondary N) is 1. The van der Waals surface area contributed by atoms with Gasteiger partial charge in [-0.2, -0.15) is 0 Å². The second-order valence-corrected chi connectivity index (χ2v) is 5.64. The number of rotatable bonds is 4. The number of hydrogen-bond acceptors (Lipinski definition) is 5. The van der Waals surface area contributed by atoms with Crippen LogP contribution in [0.5, 0.6) is 0 Å². The number of carbonyl (C=O) groups excluding carboxylic acids is 1. The maximum atomic E-state index is 11.6.